The molecule has 0 fully saturated rings. The first-order valence-electron chi connectivity index (χ1n) is 5.20. The van der Waals surface area contributed by atoms with Crippen molar-refractivity contribution < 1.29 is 0 Å². The highest BCUT2D eigenvalue weighted by Crippen LogP contribution is 2.16. The van der Waals surface area contributed by atoms with Crippen LogP contribution in [-0.4, -0.2) is 4.57 Å². The zero-order valence-corrected chi connectivity index (χ0v) is 8.76. The van der Waals surface area contributed by atoms with Crippen LogP contribution in [0, 0.1) is 0 Å². The topological polar surface area (TPSA) is 4.93 Å². The van der Waals surface area contributed by atoms with E-state index in [0.29, 0.717) is 0 Å². The molecule has 15 heavy (non-hydrogen) atoms. The predicted octanol–water partition coefficient (Wildman–Crippen LogP) is 3.59. The molecule has 1 heterocycles. The first-order valence-corrected chi connectivity index (χ1v) is 5.20. The molecule has 0 saturated heterocycles. The average Bonchev–Trinajstić information content (AvgIpc) is 2.80. The van der Waals surface area contributed by atoms with E-state index in [-0.39, 0.29) is 0 Å². The van der Waals surface area contributed by atoms with Gasteiger partial charge >= 0.3 is 0 Å². The number of hydrogen-bond acceptors (Lipinski definition) is 0. The fourth-order valence-corrected chi connectivity index (χ4v) is 1.60. The summed E-state index contributed by atoms with van der Waals surface area (Å²) >= 11 is 0. The average molecular weight is 197 g/mol. The molecule has 0 aliphatic carbocycles. The van der Waals surface area contributed by atoms with Crippen LogP contribution in [0.1, 0.15) is 12.0 Å². The second kappa shape index (κ2) is 4.65. The molecule has 2 rings (SSSR count). The number of allylic oxidation sites excluding steroid dienone is 1. The van der Waals surface area contributed by atoms with Gasteiger partial charge in [-0.2, -0.15) is 0 Å². The maximum atomic E-state index is 4.11. The summed E-state index contributed by atoms with van der Waals surface area (Å²) in [6, 6.07) is 14.4. The van der Waals surface area contributed by atoms with Gasteiger partial charge in [-0.1, -0.05) is 36.9 Å². The molecule has 2 aromatic rings. The van der Waals surface area contributed by atoms with Crippen LogP contribution < -0.4 is 0 Å². The second-order valence-corrected chi connectivity index (χ2v) is 3.64. The van der Waals surface area contributed by atoms with Gasteiger partial charge in [-0.05, 0) is 29.7 Å². The molecule has 0 atom stereocenters. The molecular weight excluding hydrogens is 182 g/mol. The number of hydrogen-bond donors (Lipinski definition) is 0. The normalized spacial score (nSPS) is 10.1. The van der Waals surface area contributed by atoms with Crippen LogP contribution in [0.25, 0.3) is 5.57 Å². The van der Waals surface area contributed by atoms with Crippen LogP contribution in [-0.2, 0) is 6.54 Å². The molecule has 0 saturated carbocycles. The van der Waals surface area contributed by atoms with Gasteiger partial charge in [-0.15, -0.1) is 0 Å². The Labute approximate surface area is 90.7 Å². The van der Waals surface area contributed by atoms with Crippen LogP contribution in [0.3, 0.4) is 0 Å². The minimum atomic E-state index is 0.999. The van der Waals surface area contributed by atoms with Gasteiger partial charge in [-0.3, -0.25) is 0 Å². The Morgan fingerprint density at radius 2 is 1.67 bits per heavy atom. The fraction of sp³-hybridized carbons (Fsp3) is 0.143. The molecule has 0 radical (unpaired) electrons. The summed E-state index contributed by atoms with van der Waals surface area (Å²) in [6.45, 7) is 5.11. The molecule has 1 aromatic carbocycles. The summed E-state index contributed by atoms with van der Waals surface area (Å²) in [6.07, 6.45) is 5.16. The zero-order valence-electron chi connectivity index (χ0n) is 8.76. The Kier molecular flexibility index (Phi) is 3.03. The lowest BCUT2D eigenvalue weighted by Gasteiger charge is -2.06. The summed E-state index contributed by atoms with van der Waals surface area (Å²) < 4.78 is 2.17. The van der Waals surface area contributed by atoms with Crippen molar-refractivity contribution in [1.29, 1.82) is 0 Å². The lowest BCUT2D eigenvalue weighted by Crippen LogP contribution is -1.95. The van der Waals surface area contributed by atoms with E-state index in [4.69, 9.17) is 0 Å². The first kappa shape index (κ1) is 9.78. The van der Waals surface area contributed by atoms with Crippen molar-refractivity contribution in [1.82, 2.24) is 4.57 Å². The number of nitrogens with zero attached hydrogens (tertiary/aromatic N) is 1. The smallest absolute Gasteiger partial charge is 0.0260 e. The van der Waals surface area contributed by atoms with Crippen LogP contribution in [0.4, 0.5) is 0 Å². The molecule has 0 N–H and O–H groups in total. The SMILES string of the molecule is C=C(CCn1cccc1)c1ccccc1. The van der Waals surface area contributed by atoms with Crippen molar-refractivity contribution >= 4 is 5.57 Å². The van der Waals surface area contributed by atoms with Gasteiger partial charge in [-0.25, -0.2) is 0 Å². The summed E-state index contributed by atoms with van der Waals surface area (Å²) in [4.78, 5) is 0. The zero-order chi connectivity index (χ0) is 10.5. The highest BCUT2D eigenvalue weighted by atomic mass is 14.9. The fourth-order valence-electron chi connectivity index (χ4n) is 1.60. The third-order valence-electron chi connectivity index (χ3n) is 2.52. The van der Waals surface area contributed by atoms with E-state index in [1.807, 2.05) is 18.2 Å². The highest BCUT2D eigenvalue weighted by Gasteiger charge is 1.97. The van der Waals surface area contributed by atoms with Gasteiger partial charge < -0.3 is 4.57 Å². The second-order valence-electron chi connectivity index (χ2n) is 3.64. The van der Waals surface area contributed by atoms with E-state index < -0.39 is 0 Å². The van der Waals surface area contributed by atoms with E-state index in [1.54, 1.807) is 0 Å². The molecular formula is C14H15N. The number of aryl methyl sites for hydroxylation is 1. The molecule has 1 nitrogen and oxygen atoms in total. The Morgan fingerprint density at radius 1 is 1.00 bits per heavy atom. The maximum absolute atomic E-state index is 4.11. The van der Waals surface area contributed by atoms with E-state index in [2.05, 4.69) is 47.8 Å². The van der Waals surface area contributed by atoms with E-state index in [1.165, 1.54) is 11.1 Å². The molecule has 0 spiro atoms. The van der Waals surface area contributed by atoms with E-state index in [0.717, 1.165) is 13.0 Å². The predicted molar refractivity (Wildman–Crippen MR) is 64.5 cm³/mol. The standard InChI is InChI=1S/C14H15N/c1-13(14-7-3-2-4-8-14)9-12-15-10-5-6-11-15/h2-8,10-11H,1,9,12H2. The van der Waals surface area contributed by atoms with Crippen molar-refractivity contribution in [3.8, 4) is 0 Å². The quantitative estimate of drug-likeness (QED) is 0.706. The van der Waals surface area contributed by atoms with Crippen molar-refractivity contribution in [3.05, 3.63) is 67.0 Å². The molecule has 0 unspecified atom stereocenters. The van der Waals surface area contributed by atoms with Gasteiger partial charge in [0.2, 0.25) is 0 Å². The molecule has 0 aliphatic rings. The monoisotopic (exact) mass is 197 g/mol. The van der Waals surface area contributed by atoms with E-state index in [9.17, 15) is 0 Å². The summed E-state index contributed by atoms with van der Waals surface area (Å²) in [7, 11) is 0. The highest BCUT2D eigenvalue weighted by molar-refractivity contribution is 5.62. The molecule has 1 heteroatoms. The largest absolute Gasteiger partial charge is 0.354 e. The third kappa shape index (κ3) is 2.59. The van der Waals surface area contributed by atoms with Crippen LogP contribution in [0.2, 0.25) is 0 Å². The lowest BCUT2D eigenvalue weighted by molar-refractivity contribution is 0.723. The van der Waals surface area contributed by atoms with Gasteiger partial charge in [0.1, 0.15) is 0 Å². The minimum absolute atomic E-state index is 0.999. The molecule has 1 aromatic heterocycles. The third-order valence-corrected chi connectivity index (χ3v) is 2.52. The van der Waals surface area contributed by atoms with Gasteiger partial charge in [0.25, 0.3) is 0 Å². The lowest BCUT2D eigenvalue weighted by atomic mass is 10.1. The maximum Gasteiger partial charge on any atom is 0.0260 e. The van der Waals surface area contributed by atoms with Crippen LogP contribution in [0.5, 0.6) is 0 Å². The summed E-state index contributed by atoms with van der Waals surface area (Å²) in [5, 5.41) is 0. The van der Waals surface area contributed by atoms with Gasteiger partial charge in [0.15, 0.2) is 0 Å². The Balaban J connectivity index is 1.94. The number of benzene rings is 1. The van der Waals surface area contributed by atoms with Crippen LogP contribution in [0.15, 0.2) is 61.4 Å². The Morgan fingerprint density at radius 3 is 2.33 bits per heavy atom. The van der Waals surface area contributed by atoms with Crippen molar-refractivity contribution in [2.24, 2.45) is 0 Å². The molecule has 76 valence electrons. The molecule has 0 aliphatic heterocycles. The number of aromatic nitrogens is 1. The minimum Gasteiger partial charge on any atom is -0.354 e. The Bertz CT molecular complexity index is 412. The number of rotatable bonds is 4. The van der Waals surface area contributed by atoms with E-state index >= 15 is 0 Å². The Hall–Kier alpha value is -1.76. The van der Waals surface area contributed by atoms with Crippen molar-refractivity contribution in [2.75, 3.05) is 0 Å². The summed E-state index contributed by atoms with van der Waals surface area (Å²) in [5.74, 6) is 0. The van der Waals surface area contributed by atoms with Crippen molar-refractivity contribution in [2.45, 2.75) is 13.0 Å². The first-order chi connectivity index (χ1) is 7.36. The van der Waals surface area contributed by atoms with Crippen molar-refractivity contribution in [3.63, 3.8) is 0 Å². The van der Waals surface area contributed by atoms with Gasteiger partial charge in [0.05, 0.1) is 0 Å². The van der Waals surface area contributed by atoms with Gasteiger partial charge in [0, 0.05) is 18.9 Å². The molecule has 0 bridgehead atoms. The molecule has 0 amide bonds. The van der Waals surface area contributed by atoms with Crippen LogP contribution >= 0.6 is 0 Å². The summed E-state index contributed by atoms with van der Waals surface area (Å²) in [5.41, 5.74) is 2.44.